The molecule has 0 spiro atoms. The first-order chi connectivity index (χ1) is 13.9. The molecular weight excluding hydrogens is 402 g/mol. The Hall–Kier alpha value is -2.99. The van der Waals surface area contributed by atoms with Crippen LogP contribution in [-0.4, -0.2) is 15.9 Å². The van der Waals surface area contributed by atoms with Crippen LogP contribution in [0, 0.1) is 20.8 Å². The van der Waals surface area contributed by atoms with E-state index in [4.69, 9.17) is 14.5 Å². The molecule has 1 aromatic heterocycles. The molecule has 1 aliphatic rings. The summed E-state index contributed by atoms with van der Waals surface area (Å²) in [5, 5.41) is 0. The fourth-order valence-electron chi connectivity index (χ4n) is 3.85. The molecule has 0 amide bonds. The van der Waals surface area contributed by atoms with Crippen LogP contribution in [0.1, 0.15) is 23.6 Å². The Morgan fingerprint density at radius 1 is 1.00 bits per heavy atom. The van der Waals surface area contributed by atoms with Gasteiger partial charge in [0, 0.05) is 25.2 Å². The second kappa shape index (κ2) is 8.40. The summed E-state index contributed by atoms with van der Waals surface area (Å²) in [6, 6.07) is 11.9. The van der Waals surface area contributed by atoms with Crippen molar-refractivity contribution >= 4 is 18.1 Å². The molecular formula is C23H26ClN3O3. The van der Waals surface area contributed by atoms with Crippen LogP contribution in [0.2, 0.25) is 0 Å². The Morgan fingerprint density at radius 2 is 1.67 bits per heavy atom. The molecule has 0 atom stereocenters. The SMILES string of the molecule is CCn1c(-c2ccc3c(c2)OCO3)cc(=Nc2c(C)cc(C)cc2C)n(C)c1=O.Cl. The minimum Gasteiger partial charge on any atom is -0.454 e. The van der Waals surface area contributed by atoms with Crippen molar-refractivity contribution in [1.29, 1.82) is 0 Å². The van der Waals surface area contributed by atoms with Crippen molar-refractivity contribution in [1.82, 2.24) is 9.13 Å². The Balaban J connectivity index is 0.00000256. The van der Waals surface area contributed by atoms with Crippen molar-refractivity contribution in [2.24, 2.45) is 12.0 Å². The Morgan fingerprint density at radius 3 is 2.33 bits per heavy atom. The van der Waals surface area contributed by atoms with Gasteiger partial charge in [0.1, 0.15) is 5.49 Å². The van der Waals surface area contributed by atoms with Crippen LogP contribution in [-0.2, 0) is 13.6 Å². The van der Waals surface area contributed by atoms with E-state index in [1.807, 2.05) is 45.0 Å². The van der Waals surface area contributed by atoms with Crippen LogP contribution in [0.15, 0.2) is 46.2 Å². The number of halogens is 1. The topological polar surface area (TPSA) is 57.8 Å². The predicted octanol–water partition coefficient (Wildman–Crippen LogP) is 4.18. The van der Waals surface area contributed by atoms with Gasteiger partial charge in [-0.1, -0.05) is 17.7 Å². The van der Waals surface area contributed by atoms with Crippen molar-refractivity contribution in [3.05, 3.63) is 69.1 Å². The number of hydrogen-bond donors (Lipinski definition) is 0. The van der Waals surface area contributed by atoms with Crippen molar-refractivity contribution in [2.45, 2.75) is 34.2 Å². The van der Waals surface area contributed by atoms with E-state index in [2.05, 4.69) is 19.1 Å². The largest absolute Gasteiger partial charge is 0.454 e. The fraction of sp³-hybridized carbons (Fsp3) is 0.304. The van der Waals surface area contributed by atoms with Gasteiger partial charge in [-0.3, -0.25) is 9.13 Å². The monoisotopic (exact) mass is 427 g/mol. The third kappa shape index (κ3) is 3.75. The summed E-state index contributed by atoms with van der Waals surface area (Å²) >= 11 is 0. The maximum Gasteiger partial charge on any atom is 0.329 e. The zero-order chi connectivity index (χ0) is 20.7. The molecule has 2 aromatic carbocycles. The predicted molar refractivity (Wildman–Crippen MR) is 120 cm³/mol. The molecule has 2 heterocycles. The molecule has 3 aromatic rings. The molecule has 4 rings (SSSR count). The molecule has 158 valence electrons. The first kappa shape index (κ1) is 21.7. The van der Waals surface area contributed by atoms with Gasteiger partial charge in [-0.2, -0.15) is 0 Å². The minimum atomic E-state index is -0.108. The van der Waals surface area contributed by atoms with Crippen molar-refractivity contribution in [3.63, 3.8) is 0 Å². The quantitative estimate of drug-likeness (QED) is 0.630. The summed E-state index contributed by atoms with van der Waals surface area (Å²) in [5.41, 5.74) is 6.48. The lowest BCUT2D eigenvalue weighted by Crippen LogP contribution is -2.38. The number of aryl methyl sites for hydroxylation is 3. The summed E-state index contributed by atoms with van der Waals surface area (Å²) in [6.07, 6.45) is 0. The summed E-state index contributed by atoms with van der Waals surface area (Å²) in [4.78, 5) is 17.9. The average Bonchev–Trinajstić information content (AvgIpc) is 3.15. The highest BCUT2D eigenvalue weighted by molar-refractivity contribution is 5.85. The molecule has 6 nitrogen and oxygen atoms in total. The zero-order valence-electron chi connectivity index (χ0n) is 17.9. The highest BCUT2D eigenvalue weighted by Gasteiger charge is 2.16. The van der Waals surface area contributed by atoms with E-state index in [1.54, 1.807) is 16.2 Å². The van der Waals surface area contributed by atoms with E-state index >= 15 is 0 Å². The standard InChI is InChI=1S/C23H25N3O3.ClH/c1-6-26-18(17-7-8-19-20(11-17)29-13-28-19)12-21(25(5)23(26)27)24-22-15(3)9-14(2)10-16(22)4;/h7-12H,6,13H2,1-5H3;1H. The third-order valence-corrected chi connectivity index (χ3v) is 5.26. The zero-order valence-corrected chi connectivity index (χ0v) is 18.7. The van der Waals surface area contributed by atoms with Gasteiger partial charge in [0.15, 0.2) is 11.5 Å². The summed E-state index contributed by atoms with van der Waals surface area (Å²) in [5.74, 6) is 1.41. The molecule has 0 saturated heterocycles. The summed E-state index contributed by atoms with van der Waals surface area (Å²) in [7, 11) is 1.76. The molecule has 0 N–H and O–H groups in total. The van der Waals surface area contributed by atoms with E-state index in [-0.39, 0.29) is 24.9 Å². The summed E-state index contributed by atoms with van der Waals surface area (Å²) < 4.78 is 14.3. The lowest BCUT2D eigenvalue weighted by molar-refractivity contribution is 0.174. The number of fused-ring (bicyclic) bond motifs is 1. The van der Waals surface area contributed by atoms with Crippen LogP contribution in [0.25, 0.3) is 11.3 Å². The molecule has 30 heavy (non-hydrogen) atoms. The minimum absolute atomic E-state index is 0. The van der Waals surface area contributed by atoms with Crippen molar-refractivity contribution < 1.29 is 9.47 Å². The average molecular weight is 428 g/mol. The molecule has 0 saturated carbocycles. The highest BCUT2D eigenvalue weighted by atomic mass is 35.5. The molecule has 0 fully saturated rings. The molecule has 0 aliphatic carbocycles. The van der Waals surface area contributed by atoms with E-state index in [1.165, 1.54) is 5.56 Å². The lowest BCUT2D eigenvalue weighted by Gasteiger charge is -2.14. The Labute approximate surface area is 181 Å². The second-order valence-electron chi connectivity index (χ2n) is 7.40. The van der Waals surface area contributed by atoms with E-state index in [0.717, 1.165) is 33.8 Å². The van der Waals surface area contributed by atoms with Gasteiger partial charge in [-0.15, -0.1) is 12.4 Å². The highest BCUT2D eigenvalue weighted by Crippen LogP contribution is 2.35. The van der Waals surface area contributed by atoms with Crippen molar-refractivity contribution in [2.75, 3.05) is 6.79 Å². The van der Waals surface area contributed by atoms with Crippen LogP contribution >= 0.6 is 12.4 Å². The van der Waals surface area contributed by atoms with Gasteiger partial charge >= 0.3 is 5.69 Å². The maximum absolute atomic E-state index is 13.1. The maximum atomic E-state index is 13.1. The van der Waals surface area contributed by atoms with Gasteiger partial charge in [0.05, 0.1) is 11.4 Å². The van der Waals surface area contributed by atoms with Gasteiger partial charge in [0.25, 0.3) is 0 Å². The first-order valence-electron chi connectivity index (χ1n) is 9.72. The van der Waals surface area contributed by atoms with Gasteiger partial charge in [0.2, 0.25) is 6.79 Å². The van der Waals surface area contributed by atoms with E-state index < -0.39 is 0 Å². The molecule has 1 aliphatic heterocycles. The fourth-order valence-corrected chi connectivity index (χ4v) is 3.85. The number of ether oxygens (including phenoxy) is 2. The number of hydrogen-bond acceptors (Lipinski definition) is 4. The molecule has 0 radical (unpaired) electrons. The number of benzene rings is 2. The van der Waals surface area contributed by atoms with Crippen molar-refractivity contribution in [3.8, 4) is 22.8 Å². The van der Waals surface area contributed by atoms with Crippen LogP contribution in [0.5, 0.6) is 11.5 Å². The lowest BCUT2D eigenvalue weighted by atomic mass is 10.1. The molecule has 0 unspecified atom stereocenters. The normalized spacial score (nSPS) is 12.8. The van der Waals surface area contributed by atoms with Crippen LogP contribution in [0.4, 0.5) is 5.69 Å². The Bertz CT molecular complexity index is 1220. The summed E-state index contributed by atoms with van der Waals surface area (Å²) in [6.45, 7) is 8.90. The Kier molecular flexibility index (Phi) is 6.08. The number of nitrogens with zero attached hydrogens (tertiary/aromatic N) is 3. The second-order valence-corrected chi connectivity index (χ2v) is 7.40. The number of rotatable bonds is 3. The van der Waals surface area contributed by atoms with Crippen LogP contribution in [0.3, 0.4) is 0 Å². The third-order valence-electron chi connectivity index (χ3n) is 5.26. The van der Waals surface area contributed by atoms with Gasteiger partial charge < -0.3 is 9.47 Å². The first-order valence-corrected chi connectivity index (χ1v) is 9.72. The smallest absolute Gasteiger partial charge is 0.329 e. The van der Waals surface area contributed by atoms with Gasteiger partial charge in [-0.25, -0.2) is 9.79 Å². The number of aromatic nitrogens is 2. The molecule has 0 bridgehead atoms. The molecule has 7 heteroatoms. The van der Waals surface area contributed by atoms with Crippen LogP contribution < -0.4 is 20.7 Å². The van der Waals surface area contributed by atoms with E-state index in [9.17, 15) is 4.79 Å². The van der Waals surface area contributed by atoms with E-state index in [0.29, 0.717) is 17.8 Å². The van der Waals surface area contributed by atoms with Gasteiger partial charge in [-0.05, 0) is 57.0 Å².